The van der Waals surface area contributed by atoms with E-state index in [1.807, 2.05) is 54.6 Å². The van der Waals surface area contributed by atoms with Crippen molar-refractivity contribution in [1.29, 1.82) is 0 Å². The van der Waals surface area contributed by atoms with Gasteiger partial charge in [0.05, 0.1) is 26.2 Å². The van der Waals surface area contributed by atoms with Gasteiger partial charge in [0.2, 0.25) is 0 Å². The van der Waals surface area contributed by atoms with Gasteiger partial charge in [0.25, 0.3) is 0 Å². The number of benzene rings is 3. The number of nitrogen functional groups attached to an aromatic ring is 1. The number of methoxy groups -OCH3 is 2. The van der Waals surface area contributed by atoms with E-state index in [2.05, 4.69) is 4.98 Å². The van der Waals surface area contributed by atoms with Crippen molar-refractivity contribution in [2.45, 2.75) is 29.5 Å². The van der Waals surface area contributed by atoms with Crippen molar-refractivity contribution in [3.63, 3.8) is 0 Å². The summed E-state index contributed by atoms with van der Waals surface area (Å²) in [6.07, 6.45) is -3.14. The lowest BCUT2D eigenvalue weighted by Crippen LogP contribution is -2.64. The van der Waals surface area contributed by atoms with Crippen LogP contribution in [0.25, 0.3) is 0 Å². The maximum absolute atomic E-state index is 13.6. The summed E-state index contributed by atoms with van der Waals surface area (Å²) in [6, 6.07) is 24.9. The van der Waals surface area contributed by atoms with Crippen molar-refractivity contribution in [3.05, 3.63) is 118 Å². The molecule has 40 heavy (non-hydrogen) atoms. The number of hydrogen-bond acceptors (Lipinski definition) is 9. The Kier molecular flexibility index (Phi) is 7.35. The van der Waals surface area contributed by atoms with Gasteiger partial charge in [0, 0.05) is 6.20 Å². The quantitative estimate of drug-likeness (QED) is 0.242. The van der Waals surface area contributed by atoms with E-state index in [-0.39, 0.29) is 5.82 Å². The van der Waals surface area contributed by atoms with E-state index in [0.29, 0.717) is 28.2 Å². The Labute approximate surface area is 230 Å². The third kappa shape index (κ3) is 4.04. The molecule has 4 atom stereocenters. The number of nitrogens with two attached hydrogens (primary N) is 1. The van der Waals surface area contributed by atoms with E-state index in [1.54, 1.807) is 38.5 Å². The van der Waals surface area contributed by atoms with Crippen LogP contribution in [0.5, 0.6) is 11.5 Å². The Morgan fingerprint density at radius 3 is 1.88 bits per heavy atom. The standard InChI is InChI=1S/C30H31N3O7/c1-38-22-12-8-20(9-13-22)29(19-6-4-3-5-7-19,21-10-14-23(39-2)15-11-21)30(27(36)26(35)24(18-34)40-30)33-17-16-25(31)32-28(33)37/h3-17,24,26-27,34-36H,18H2,1-2H3,(H2,31,32,37)/t24-,26-,27-,30+/m1/s1. The second kappa shape index (κ2) is 10.7. The number of rotatable bonds is 8. The van der Waals surface area contributed by atoms with E-state index < -0.39 is 41.7 Å². The molecule has 0 amide bonds. The largest absolute Gasteiger partial charge is 0.497 e. The lowest BCUT2D eigenvalue weighted by Gasteiger charge is -2.51. The van der Waals surface area contributed by atoms with Gasteiger partial charge < -0.3 is 35.3 Å². The number of ether oxygens (including phenoxy) is 3. The lowest BCUT2D eigenvalue weighted by molar-refractivity contribution is -0.180. The van der Waals surface area contributed by atoms with Crippen LogP contribution in [0.2, 0.25) is 0 Å². The first-order valence-electron chi connectivity index (χ1n) is 12.7. The molecule has 4 aromatic rings. The van der Waals surface area contributed by atoms with Gasteiger partial charge >= 0.3 is 5.69 Å². The average Bonchev–Trinajstić information content (AvgIpc) is 3.25. The molecule has 0 radical (unpaired) electrons. The molecule has 10 heteroatoms. The monoisotopic (exact) mass is 545 g/mol. The molecule has 10 nitrogen and oxygen atoms in total. The van der Waals surface area contributed by atoms with Gasteiger partial charge in [0.15, 0.2) is 5.72 Å². The zero-order valence-corrected chi connectivity index (χ0v) is 22.0. The summed E-state index contributed by atoms with van der Waals surface area (Å²) in [5, 5.41) is 33.5. The van der Waals surface area contributed by atoms with E-state index in [1.165, 1.54) is 12.3 Å². The van der Waals surface area contributed by atoms with Crippen molar-refractivity contribution in [3.8, 4) is 11.5 Å². The van der Waals surface area contributed by atoms with Crippen LogP contribution in [0.1, 0.15) is 16.7 Å². The highest BCUT2D eigenvalue weighted by Crippen LogP contribution is 2.57. The number of nitrogens with zero attached hydrogens (tertiary/aromatic N) is 2. The maximum Gasteiger partial charge on any atom is 0.351 e. The highest BCUT2D eigenvalue weighted by molar-refractivity contribution is 5.56. The summed E-state index contributed by atoms with van der Waals surface area (Å²) in [5.41, 5.74) is 3.27. The van der Waals surface area contributed by atoms with Crippen LogP contribution in [-0.2, 0) is 15.9 Å². The fourth-order valence-electron chi connectivity index (χ4n) is 5.80. The molecular formula is C30H31N3O7. The number of aliphatic hydroxyl groups is 3. The number of anilines is 1. The number of aliphatic hydroxyl groups excluding tert-OH is 3. The minimum Gasteiger partial charge on any atom is -0.497 e. The highest BCUT2D eigenvalue weighted by atomic mass is 16.6. The van der Waals surface area contributed by atoms with Crippen molar-refractivity contribution < 1.29 is 29.5 Å². The first-order valence-corrected chi connectivity index (χ1v) is 12.7. The van der Waals surface area contributed by atoms with Gasteiger partial charge in [-0.15, -0.1) is 0 Å². The highest BCUT2D eigenvalue weighted by Gasteiger charge is 2.68. The summed E-state index contributed by atoms with van der Waals surface area (Å²) in [5.74, 6) is 1.14. The van der Waals surface area contributed by atoms with Crippen LogP contribution in [0.15, 0.2) is 95.9 Å². The molecule has 1 saturated heterocycles. The van der Waals surface area contributed by atoms with Gasteiger partial charge in [-0.05, 0) is 47.0 Å². The van der Waals surface area contributed by atoms with E-state index in [4.69, 9.17) is 19.9 Å². The molecule has 5 rings (SSSR count). The molecule has 1 aliphatic rings. The molecule has 208 valence electrons. The Hall–Kier alpha value is -4.22. The first-order chi connectivity index (χ1) is 19.3. The number of aromatic nitrogens is 2. The Morgan fingerprint density at radius 1 is 0.900 bits per heavy atom. The number of hydrogen-bond donors (Lipinski definition) is 4. The predicted octanol–water partition coefficient (Wildman–Crippen LogP) is 1.64. The Bertz CT molecular complexity index is 1460. The van der Waals surface area contributed by atoms with Crippen LogP contribution >= 0.6 is 0 Å². The first kappa shape index (κ1) is 27.4. The Morgan fingerprint density at radius 2 is 1.43 bits per heavy atom. The van der Waals surface area contributed by atoms with Gasteiger partial charge in [0.1, 0.15) is 35.6 Å². The summed E-state index contributed by atoms with van der Waals surface area (Å²) in [4.78, 5) is 17.6. The minimum absolute atomic E-state index is 0.0256. The lowest BCUT2D eigenvalue weighted by atomic mass is 9.60. The minimum atomic E-state index is -2.07. The molecule has 0 bridgehead atoms. The van der Waals surface area contributed by atoms with Crippen molar-refractivity contribution >= 4 is 5.82 Å². The van der Waals surface area contributed by atoms with E-state index in [9.17, 15) is 20.1 Å². The smallest absolute Gasteiger partial charge is 0.351 e. The molecule has 0 saturated carbocycles. The van der Waals surface area contributed by atoms with Crippen LogP contribution in [0.4, 0.5) is 5.82 Å². The summed E-state index contributed by atoms with van der Waals surface area (Å²) in [7, 11) is 3.10. The molecule has 1 aliphatic heterocycles. The molecule has 5 N–H and O–H groups in total. The summed E-state index contributed by atoms with van der Waals surface area (Å²) >= 11 is 0. The molecule has 2 heterocycles. The van der Waals surface area contributed by atoms with Gasteiger partial charge in [-0.2, -0.15) is 4.98 Å². The van der Waals surface area contributed by atoms with Crippen LogP contribution < -0.4 is 20.9 Å². The van der Waals surface area contributed by atoms with Crippen LogP contribution in [0, 0.1) is 0 Å². The summed E-state index contributed by atoms with van der Waals surface area (Å²) in [6.45, 7) is -0.618. The zero-order chi connectivity index (χ0) is 28.5. The molecule has 0 aliphatic carbocycles. The van der Waals surface area contributed by atoms with Gasteiger partial charge in [-0.1, -0.05) is 54.6 Å². The predicted molar refractivity (Wildman–Crippen MR) is 147 cm³/mol. The SMILES string of the molecule is COc1ccc(C(c2ccccc2)(c2ccc(OC)cc2)[C@@]2(n3ccc(N)nc3=O)O[C@H](CO)[C@@H](O)[C@H]2O)cc1. The topological polar surface area (TPSA) is 149 Å². The summed E-state index contributed by atoms with van der Waals surface area (Å²) < 4.78 is 18.5. The van der Waals surface area contributed by atoms with Gasteiger partial charge in [-0.25, -0.2) is 4.79 Å². The zero-order valence-electron chi connectivity index (χ0n) is 22.0. The van der Waals surface area contributed by atoms with Crippen molar-refractivity contribution in [1.82, 2.24) is 9.55 Å². The third-order valence-electron chi connectivity index (χ3n) is 7.59. The van der Waals surface area contributed by atoms with Crippen molar-refractivity contribution in [2.75, 3.05) is 26.6 Å². The normalized spacial score (nSPS) is 22.7. The molecule has 1 aromatic heterocycles. The maximum atomic E-state index is 13.6. The second-order valence-electron chi connectivity index (χ2n) is 9.55. The van der Waals surface area contributed by atoms with Gasteiger partial charge in [-0.3, -0.25) is 4.57 Å². The van der Waals surface area contributed by atoms with Crippen LogP contribution in [0.3, 0.4) is 0 Å². The fraction of sp³-hybridized carbons (Fsp3) is 0.267. The van der Waals surface area contributed by atoms with E-state index >= 15 is 0 Å². The molecule has 3 aromatic carbocycles. The second-order valence-corrected chi connectivity index (χ2v) is 9.55. The fourth-order valence-corrected chi connectivity index (χ4v) is 5.80. The third-order valence-corrected chi connectivity index (χ3v) is 7.59. The van der Waals surface area contributed by atoms with Crippen molar-refractivity contribution in [2.24, 2.45) is 0 Å². The Balaban J connectivity index is 2.01. The van der Waals surface area contributed by atoms with E-state index in [0.717, 1.165) is 4.57 Å². The molecule has 0 unspecified atom stereocenters. The van der Waals surface area contributed by atoms with Crippen LogP contribution in [-0.4, -0.2) is 64.0 Å². The molecule has 0 spiro atoms. The average molecular weight is 546 g/mol. The molecule has 1 fully saturated rings. The molecular weight excluding hydrogens is 514 g/mol.